The molecule has 4 heterocycles. The summed E-state index contributed by atoms with van der Waals surface area (Å²) in [6.45, 7) is 4.68. The molecule has 2 unspecified atom stereocenters. The first-order valence-corrected chi connectivity index (χ1v) is 13.2. The first-order valence-electron chi connectivity index (χ1n) is 6.22. The fourth-order valence-electron chi connectivity index (χ4n) is 1.85. The minimum Gasteiger partial charge on any atom is -0.116 e. The molecular formula is C12H12S8. The molecule has 4 rings (SSSR count). The molecule has 0 fully saturated rings. The van der Waals surface area contributed by atoms with Gasteiger partial charge in [-0.2, -0.15) is 0 Å². The molecule has 0 radical (unpaired) electrons. The fourth-order valence-corrected chi connectivity index (χ4v) is 14.6. The van der Waals surface area contributed by atoms with Crippen molar-refractivity contribution in [3.05, 3.63) is 25.4 Å². The molecule has 0 spiro atoms. The number of thioether (sulfide) groups is 8. The van der Waals surface area contributed by atoms with E-state index < -0.39 is 0 Å². The molecule has 4 aliphatic heterocycles. The Balaban J connectivity index is 1.51. The van der Waals surface area contributed by atoms with Crippen LogP contribution in [0, 0.1) is 0 Å². The highest BCUT2D eigenvalue weighted by molar-refractivity contribution is 8.45. The van der Waals surface area contributed by atoms with Crippen molar-refractivity contribution in [2.24, 2.45) is 0 Å². The largest absolute Gasteiger partial charge is 0.116 e. The Kier molecular flexibility index (Phi) is 5.05. The first-order chi connectivity index (χ1) is 9.69. The summed E-state index contributed by atoms with van der Waals surface area (Å²) in [7, 11) is 0. The molecule has 2 atom stereocenters. The normalized spacial score (nSPS) is 37.5. The predicted molar refractivity (Wildman–Crippen MR) is 110 cm³/mol. The van der Waals surface area contributed by atoms with E-state index in [1.165, 1.54) is 20.0 Å². The summed E-state index contributed by atoms with van der Waals surface area (Å²) in [6.07, 6.45) is 0. The minimum absolute atomic E-state index is 0.762. The standard InChI is InChI=1S/C12H12S8/c1-5-3-13-7-9(15-5)19-11(17-7)12-18-8-10(20-12)16-6(2)4-14-8/h5-6H,3-4H2,1-2H3. The highest BCUT2D eigenvalue weighted by atomic mass is 32.3. The number of rotatable bonds is 0. The van der Waals surface area contributed by atoms with Crippen LogP contribution in [-0.2, 0) is 0 Å². The zero-order valence-corrected chi connectivity index (χ0v) is 17.4. The van der Waals surface area contributed by atoms with Crippen molar-refractivity contribution >= 4 is 94.1 Å². The van der Waals surface area contributed by atoms with Gasteiger partial charge >= 0.3 is 0 Å². The lowest BCUT2D eigenvalue weighted by molar-refractivity contribution is 1.14. The first kappa shape index (κ1) is 15.5. The van der Waals surface area contributed by atoms with Gasteiger partial charge in [-0.15, -0.1) is 47.0 Å². The Morgan fingerprint density at radius 1 is 0.600 bits per heavy atom. The molecule has 0 saturated carbocycles. The van der Waals surface area contributed by atoms with E-state index in [1.807, 2.05) is 47.0 Å². The van der Waals surface area contributed by atoms with E-state index in [2.05, 4.69) is 60.9 Å². The second-order valence-electron chi connectivity index (χ2n) is 4.61. The average molecular weight is 413 g/mol. The van der Waals surface area contributed by atoms with Gasteiger partial charge in [0.05, 0.1) is 25.4 Å². The van der Waals surface area contributed by atoms with E-state index in [0.717, 1.165) is 10.5 Å². The Morgan fingerprint density at radius 3 is 1.45 bits per heavy atom. The maximum Gasteiger partial charge on any atom is 0.0717 e. The van der Waals surface area contributed by atoms with Gasteiger partial charge in [0, 0.05) is 22.0 Å². The maximum absolute atomic E-state index is 2.34. The molecule has 0 N–H and O–H groups in total. The molecule has 0 bridgehead atoms. The van der Waals surface area contributed by atoms with Gasteiger partial charge in [-0.3, -0.25) is 0 Å². The third-order valence-corrected chi connectivity index (χ3v) is 15.4. The van der Waals surface area contributed by atoms with Crippen LogP contribution in [0.3, 0.4) is 0 Å². The van der Waals surface area contributed by atoms with Crippen molar-refractivity contribution in [1.82, 2.24) is 0 Å². The molecule has 0 nitrogen and oxygen atoms in total. The summed E-state index contributed by atoms with van der Waals surface area (Å²) in [4.78, 5) is 0. The second-order valence-corrected chi connectivity index (χ2v) is 15.2. The van der Waals surface area contributed by atoms with Crippen molar-refractivity contribution in [3.63, 3.8) is 0 Å². The van der Waals surface area contributed by atoms with Crippen LogP contribution in [0.15, 0.2) is 25.4 Å². The van der Waals surface area contributed by atoms with Gasteiger partial charge in [0.25, 0.3) is 0 Å². The molecule has 0 saturated heterocycles. The Morgan fingerprint density at radius 2 is 1.00 bits per heavy atom. The summed E-state index contributed by atoms with van der Waals surface area (Å²) in [6, 6.07) is 0. The Labute approximate surface area is 154 Å². The monoisotopic (exact) mass is 412 g/mol. The van der Waals surface area contributed by atoms with Crippen molar-refractivity contribution < 1.29 is 0 Å². The molecule has 20 heavy (non-hydrogen) atoms. The zero-order valence-electron chi connectivity index (χ0n) is 10.8. The summed E-state index contributed by atoms with van der Waals surface area (Å²) in [5.74, 6) is 2.52. The van der Waals surface area contributed by atoms with Crippen LogP contribution in [0.5, 0.6) is 0 Å². The molecule has 0 aromatic rings. The molecule has 0 aromatic carbocycles. The molecule has 0 amide bonds. The van der Waals surface area contributed by atoms with Crippen LogP contribution >= 0.6 is 94.1 Å². The average Bonchev–Trinajstić information content (AvgIpc) is 3.00. The lowest BCUT2D eigenvalue weighted by atomic mass is 10.6. The van der Waals surface area contributed by atoms with E-state index in [1.54, 1.807) is 16.9 Å². The van der Waals surface area contributed by atoms with Gasteiger partial charge < -0.3 is 0 Å². The summed E-state index contributed by atoms with van der Waals surface area (Å²) >= 11 is 16.3. The summed E-state index contributed by atoms with van der Waals surface area (Å²) < 4.78 is 9.28. The van der Waals surface area contributed by atoms with Crippen molar-refractivity contribution in [2.75, 3.05) is 11.5 Å². The smallest absolute Gasteiger partial charge is 0.0717 e. The number of hydrogen-bond donors (Lipinski definition) is 0. The van der Waals surface area contributed by atoms with Gasteiger partial charge in [-0.05, 0) is 0 Å². The van der Waals surface area contributed by atoms with Gasteiger partial charge in [-0.25, -0.2) is 0 Å². The second kappa shape index (κ2) is 6.49. The predicted octanol–water partition coefficient (Wildman–Crippen LogP) is 7.06. The third kappa shape index (κ3) is 3.14. The maximum atomic E-state index is 2.34. The quantitative estimate of drug-likeness (QED) is 0.409. The van der Waals surface area contributed by atoms with Crippen molar-refractivity contribution in [2.45, 2.75) is 24.3 Å². The van der Waals surface area contributed by atoms with E-state index in [9.17, 15) is 0 Å². The fraction of sp³-hybridized carbons (Fsp3) is 0.500. The van der Waals surface area contributed by atoms with E-state index in [-0.39, 0.29) is 0 Å². The molecule has 8 heteroatoms. The van der Waals surface area contributed by atoms with Crippen LogP contribution in [0.1, 0.15) is 13.8 Å². The van der Waals surface area contributed by atoms with Crippen molar-refractivity contribution in [3.8, 4) is 0 Å². The van der Waals surface area contributed by atoms with Gasteiger partial charge in [0.2, 0.25) is 0 Å². The molecule has 108 valence electrons. The van der Waals surface area contributed by atoms with E-state index in [0.29, 0.717) is 0 Å². The molecule has 0 aliphatic carbocycles. The van der Waals surface area contributed by atoms with Crippen molar-refractivity contribution in [1.29, 1.82) is 0 Å². The third-order valence-electron chi connectivity index (χ3n) is 2.76. The van der Waals surface area contributed by atoms with Crippen LogP contribution in [0.25, 0.3) is 0 Å². The summed E-state index contributed by atoms with van der Waals surface area (Å²) in [5.41, 5.74) is 0. The molecule has 0 aromatic heterocycles. The van der Waals surface area contributed by atoms with Gasteiger partial charge in [0.1, 0.15) is 0 Å². The Hall–Kier alpha value is 2.02. The minimum atomic E-state index is 0.762. The van der Waals surface area contributed by atoms with E-state index >= 15 is 0 Å². The molecule has 4 aliphatic rings. The highest BCUT2D eigenvalue weighted by Gasteiger charge is 2.34. The zero-order chi connectivity index (χ0) is 13.7. The van der Waals surface area contributed by atoms with Crippen LogP contribution in [0.2, 0.25) is 0 Å². The summed E-state index contributed by atoms with van der Waals surface area (Å²) in [5, 5.41) is 1.52. The lowest BCUT2D eigenvalue weighted by Crippen LogP contribution is -2.03. The molecular weight excluding hydrogens is 401 g/mol. The van der Waals surface area contributed by atoms with Crippen LogP contribution in [-0.4, -0.2) is 22.0 Å². The van der Waals surface area contributed by atoms with E-state index in [4.69, 9.17) is 0 Å². The topological polar surface area (TPSA) is 0 Å². The number of hydrogen-bond acceptors (Lipinski definition) is 8. The van der Waals surface area contributed by atoms with Crippen LogP contribution in [0.4, 0.5) is 0 Å². The van der Waals surface area contributed by atoms with Gasteiger partial charge in [0.15, 0.2) is 0 Å². The lowest BCUT2D eigenvalue weighted by Gasteiger charge is -2.16. The van der Waals surface area contributed by atoms with Gasteiger partial charge in [-0.1, -0.05) is 60.9 Å². The Bertz CT molecular complexity index is 498. The highest BCUT2D eigenvalue weighted by Crippen LogP contribution is 2.68. The SMILES string of the molecule is CC1CSC2=C(SC(=C3SC4=C(S3)SC(C)CS4)S2)S1. The van der Waals surface area contributed by atoms with Crippen LogP contribution < -0.4 is 0 Å².